The van der Waals surface area contributed by atoms with E-state index in [4.69, 9.17) is 38.8 Å². The van der Waals surface area contributed by atoms with Crippen LogP contribution in [0.2, 0.25) is 10.0 Å². The summed E-state index contributed by atoms with van der Waals surface area (Å²) in [6.07, 6.45) is 6.70. The number of rotatable bonds is 7. The number of fused-ring (bicyclic) bond motifs is 3. The van der Waals surface area contributed by atoms with Crippen LogP contribution in [0.15, 0.2) is 48.8 Å². The Kier molecular flexibility index (Phi) is 6.99. The first kappa shape index (κ1) is 27.3. The van der Waals surface area contributed by atoms with Gasteiger partial charge in [0.25, 0.3) is 5.91 Å². The lowest BCUT2D eigenvalue weighted by Gasteiger charge is -2.25. The molecule has 1 saturated carbocycles. The summed E-state index contributed by atoms with van der Waals surface area (Å²) in [5.74, 6) is 0.487. The van der Waals surface area contributed by atoms with Gasteiger partial charge in [0.2, 0.25) is 5.91 Å². The third kappa shape index (κ3) is 4.96. The van der Waals surface area contributed by atoms with Gasteiger partial charge in [-0.15, -0.1) is 0 Å². The van der Waals surface area contributed by atoms with E-state index in [-0.39, 0.29) is 11.9 Å². The molecule has 41 heavy (non-hydrogen) atoms. The minimum Gasteiger partial charge on any atom is -0.496 e. The summed E-state index contributed by atoms with van der Waals surface area (Å²) >= 11 is 12.8. The third-order valence-corrected chi connectivity index (χ3v) is 8.61. The quantitative estimate of drug-likeness (QED) is 0.285. The number of carbonyl (C=O) groups excluding carboxylic acids is 2. The fourth-order valence-corrected chi connectivity index (χ4v) is 6.17. The van der Waals surface area contributed by atoms with Crippen molar-refractivity contribution in [2.45, 2.75) is 38.6 Å². The Morgan fingerprint density at radius 1 is 1.05 bits per heavy atom. The van der Waals surface area contributed by atoms with Crippen LogP contribution in [0.25, 0.3) is 28.1 Å². The molecule has 210 valence electrons. The van der Waals surface area contributed by atoms with Crippen molar-refractivity contribution >= 4 is 35.0 Å². The molecule has 2 aliphatic rings. The molecule has 0 aliphatic heterocycles. The van der Waals surface area contributed by atoms with Crippen molar-refractivity contribution in [1.82, 2.24) is 19.7 Å². The molecule has 0 spiro atoms. The molecule has 6 rings (SSSR count). The van der Waals surface area contributed by atoms with Crippen molar-refractivity contribution in [3.63, 3.8) is 0 Å². The van der Waals surface area contributed by atoms with Crippen molar-refractivity contribution in [2.24, 2.45) is 11.7 Å². The average molecular weight is 591 g/mol. The molecule has 2 aromatic heterocycles. The number of amides is 2. The molecule has 1 atom stereocenters. The number of nitrogens with zero attached hydrogens (tertiary/aromatic N) is 4. The lowest BCUT2D eigenvalue weighted by molar-refractivity contribution is 0.0719. The number of aryl methyl sites for hydroxylation is 1. The molecule has 0 radical (unpaired) electrons. The number of hydrogen-bond acceptors (Lipinski definition) is 5. The molecule has 2 aromatic carbocycles. The van der Waals surface area contributed by atoms with Gasteiger partial charge in [-0.3, -0.25) is 14.6 Å². The van der Waals surface area contributed by atoms with Gasteiger partial charge in [0.05, 0.1) is 24.1 Å². The van der Waals surface area contributed by atoms with Gasteiger partial charge in [-0.25, -0.2) is 4.68 Å². The second-order valence-electron chi connectivity index (χ2n) is 10.7. The monoisotopic (exact) mass is 589 g/mol. The topological polar surface area (TPSA) is 103 Å². The Labute approximate surface area is 248 Å². The number of hydrogen-bond donors (Lipinski definition) is 1. The second-order valence-corrected chi connectivity index (χ2v) is 11.6. The minimum atomic E-state index is -0.567. The molecule has 0 bridgehead atoms. The maximum absolute atomic E-state index is 13.9. The molecule has 4 aromatic rings. The first-order valence-electron chi connectivity index (χ1n) is 13.5. The van der Waals surface area contributed by atoms with Gasteiger partial charge in [0, 0.05) is 57.8 Å². The van der Waals surface area contributed by atoms with E-state index in [1.165, 1.54) is 6.20 Å². The largest absolute Gasteiger partial charge is 0.496 e. The molecule has 2 aliphatic carbocycles. The summed E-state index contributed by atoms with van der Waals surface area (Å²) in [4.78, 5) is 31.8. The molecule has 2 N–H and O–H groups in total. The maximum atomic E-state index is 13.9. The highest BCUT2D eigenvalue weighted by Gasteiger charge is 2.36. The van der Waals surface area contributed by atoms with Crippen LogP contribution in [-0.4, -0.2) is 51.7 Å². The van der Waals surface area contributed by atoms with E-state index in [1.54, 1.807) is 42.3 Å². The Morgan fingerprint density at radius 3 is 2.44 bits per heavy atom. The number of pyridine rings is 1. The average Bonchev–Trinajstić information content (AvgIpc) is 3.74. The Morgan fingerprint density at radius 2 is 1.78 bits per heavy atom. The number of methoxy groups -OCH3 is 1. The van der Waals surface area contributed by atoms with Crippen molar-refractivity contribution in [2.75, 3.05) is 14.2 Å². The zero-order chi connectivity index (χ0) is 29.0. The second kappa shape index (κ2) is 10.5. The normalized spacial score (nSPS) is 14.7. The van der Waals surface area contributed by atoms with E-state index >= 15 is 0 Å². The van der Waals surface area contributed by atoms with Crippen LogP contribution >= 0.6 is 23.2 Å². The predicted molar refractivity (Wildman–Crippen MR) is 159 cm³/mol. The molecular formula is C31H29Cl2N5O3. The Bertz CT molecular complexity index is 1690. The number of ether oxygens (including phenoxy) is 1. The van der Waals surface area contributed by atoms with E-state index < -0.39 is 5.91 Å². The summed E-state index contributed by atoms with van der Waals surface area (Å²) in [6, 6.07) is 11.0. The van der Waals surface area contributed by atoms with Crippen molar-refractivity contribution in [1.29, 1.82) is 0 Å². The number of carbonyl (C=O) groups is 2. The van der Waals surface area contributed by atoms with Gasteiger partial charge in [-0.05, 0) is 80.5 Å². The summed E-state index contributed by atoms with van der Waals surface area (Å²) in [5.41, 5.74) is 11.9. The first-order valence-corrected chi connectivity index (χ1v) is 14.2. The number of nitrogens with two attached hydrogens (primary N) is 1. The molecular weight excluding hydrogens is 561 g/mol. The number of benzene rings is 2. The van der Waals surface area contributed by atoms with E-state index in [0.29, 0.717) is 57.1 Å². The molecule has 2 heterocycles. The van der Waals surface area contributed by atoms with Crippen molar-refractivity contribution < 1.29 is 14.3 Å². The maximum Gasteiger partial charge on any atom is 0.274 e. The summed E-state index contributed by atoms with van der Waals surface area (Å²) in [6.45, 7) is 2.10. The van der Waals surface area contributed by atoms with E-state index in [2.05, 4.69) is 11.9 Å². The summed E-state index contributed by atoms with van der Waals surface area (Å²) in [7, 11) is 3.46. The molecule has 8 nitrogen and oxygen atoms in total. The molecule has 2 amide bonds. The van der Waals surface area contributed by atoms with Gasteiger partial charge in [0.1, 0.15) is 5.75 Å². The Hall–Kier alpha value is -3.88. The van der Waals surface area contributed by atoms with Crippen LogP contribution in [0.5, 0.6) is 5.75 Å². The zero-order valence-corrected chi connectivity index (χ0v) is 24.5. The molecule has 1 unspecified atom stereocenters. The standard InChI is InChI=1S/C31H29Cl2N5O3/c1-16(17-4-5-17)37(2)31(40)28-24-7-6-18-9-27(41-3)25(19-8-20(30(34)39)15-35-14-19)13-26(18)29(24)38(36-28)23-11-21(32)10-22(33)12-23/h8-17H,4-7H2,1-3H3,(H2,34,39). The van der Waals surface area contributed by atoms with Gasteiger partial charge >= 0.3 is 0 Å². The van der Waals surface area contributed by atoms with Crippen LogP contribution in [0.4, 0.5) is 0 Å². The zero-order valence-electron chi connectivity index (χ0n) is 22.9. The molecule has 10 heteroatoms. The van der Waals surface area contributed by atoms with Gasteiger partial charge in [-0.2, -0.15) is 5.10 Å². The smallest absolute Gasteiger partial charge is 0.274 e. The van der Waals surface area contributed by atoms with Crippen LogP contribution in [0.1, 0.15) is 51.7 Å². The highest BCUT2D eigenvalue weighted by molar-refractivity contribution is 6.34. The van der Waals surface area contributed by atoms with Crippen molar-refractivity contribution in [3.8, 4) is 33.8 Å². The van der Waals surface area contributed by atoms with E-state index in [0.717, 1.165) is 40.8 Å². The highest BCUT2D eigenvalue weighted by atomic mass is 35.5. The predicted octanol–water partition coefficient (Wildman–Crippen LogP) is 5.98. The van der Waals surface area contributed by atoms with Gasteiger partial charge < -0.3 is 15.4 Å². The minimum absolute atomic E-state index is 0.108. The fourth-order valence-electron chi connectivity index (χ4n) is 5.66. The van der Waals surface area contributed by atoms with E-state index in [9.17, 15) is 9.59 Å². The third-order valence-electron chi connectivity index (χ3n) is 8.17. The first-order chi connectivity index (χ1) is 19.7. The molecule has 0 saturated heterocycles. The van der Waals surface area contributed by atoms with Crippen LogP contribution < -0.4 is 10.5 Å². The van der Waals surface area contributed by atoms with Crippen molar-refractivity contribution in [3.05, 3.63) is 81.2 Å². The van der Waals surface area contributed by atoms with Crippen LogP contribution in [0.3, 0.4) is 0 Å². The summed E-state index contributed by atoms with van der Waals surface area (Å²) < 4.78 is 7.53. The van der Waals surface area contributed by atoms with Gasteiger partial charge in [-0.1, -0.05) is 23.2 Å². The van der Waals surface area contributed by atoms with Crippen LogP contribution in [-0.2, 0) is 12.8 Å². The number of aromatic nitrogens is 3. The number of primary amides is 1. The SMILES string of the molecule is COc1cc2c(cc1-c1cncc(C(N)=O)c1)-c1c(c(C(=O)N(C)C(C)C3CC3)nn1-c1cc(Cl)cc(Cl)c1)CC2. The Balaban J connectivity index is 1.57. The number of halogens is 2. The summed E-state index contributed by atoms with van der Waals surface area (Å²) in [5, 5.41) is 5.84. The lowest BCUT2D eigenvalue weighted by atomic mass is 9.86. The van der Waals surface area contributed by atoms with E-state index in [1.807, 2.05) is 24.1 Å². The molecule has 1 fully saturated rings. The van der Waals surface area contributed by atoms with Crippen LogP contribution in [0, 0.1) is 5.92 Å². The highest BCUT2D eigenvalue weighted by Crippen LogP contribution is 2.44. The van der Waals surface area contributed by atoms with Gasteiger partial charge in [0.15, 0.2) is 5.69 Å². The lowest BCUT2D eigenvalue weighted by Crippen LogP contribution is -2.37. The fraction of sp³-hybridized carbons (Fsp3) is 0.290.